The quantitative estimate of drug-likeness (QED) is 0.490. The first kappa shape index (κ1) is 19.8. The minimum absolute atomic E-state index is 0.183. The number of amides is 1. The van der Waals surface area contributed by atoms with Crippen LogP contribution in [0.5, 0.6) is 0 Å². The molecular formula is C16H25ClIN3O2Si. The van der Waals surface area contributed by atoms with E-state index in [-0.39, 0.29) is 12.1 Å². The van der Waals surface area contributed by atoms with E-state index in [0.717, 1.165) is 28.3 Å². The van der Waals surface area contributed by atoms with Gasteiger partial charge in [-0.25, -0.2) is 9.78 Å². The molecule has 1 amide bonds. The van der Waals surface area contributed by atoms with Crippen molar-refractivity contribution in [1.29, 1.82) is 0 Å². The van der Waals surface area contributed by atoms with Crippen molar-refractivity contribution in [2.24, 2.45) is 0 Å². The van der Waals surface area contributed by atoms with Gasteiger partial charge in [-0.15, -0.1) is 0 Å². The Kier molecular flexibility index (Phi) is 7.18. The summed E-state index contributed by atoms with van der Waals surface area (Å²) in [5.74, 6) is 0.722. The summed E-state index contributed by atoms with van der Waals surface area (Å²) >= 11 is 8.47. The molecular weight excluding hydrogens is 457 g/mol. The molecule has 0 atom stereocenters. The van der Waals surface area contributed by atoms with Gasteiger partial charge in [0.05, 0.1) is 11.6 Å². The standard InChI is InChI=1S/C16H25ClIN3O2Si/c1-24(2,3)11-10-23-16(22)21-8-5-12(6-9-21)20-15-14(17)13(18)4-7-19-15/h4,7,12H,5-6,8-11H2,1-3H3,(H,19,20). The highest BCUT2D eigenvalue weighted by Crippen LogP contribution is 2.26. The molecule has 1 aromatic rings. The van der Waals surface area contributed by atoms with Crippen molar-refractivity contribution in [3.05, 3.63) is 20.9 Å². The summed E-state index contributed by atoms with van der Waals surface area (Å²) in [6.07, 6.45) is 3.30. The molecule has 1 aliphatic rings. The number of nitrogens with one attached hydrogen (secondary N) is 1. The van der Waals surface area contributed by atoms with Crippen molar-refractivity contribution in [3.63, 3.8) is 0 Å². The van der Waals surface area contributed by atoms with Gasteiger partial charge < -0.3 is 15.0 Å². The fourth-order valence-corrected chi connectivity index (χ4v) is 3.75. The van der Waals surface area contributed by atoms with Crippen molar-refractivity contribution >= 4 is 54.2 Å². The Bertz CT molecular complexity index is 575. The van der Waals surface area contributed by atoms with Gasteiger partial charge in [0.25, 0.3) is 0 Å². The Hall–Kier alpha value is -0.543. The highest BCUT2D eigenvalue weighted by atomic mass is 127. The Morgan fingerprint density at radius 2 is 2.12 bits per heavy atom. The molecule has 134 valence electrons. The lowest BCUT2D eigenvalue weighted by atomic mass is 10.1. The van der Waals surface area contributed by atoms with E-state index < -0.39 is 8.07 Å². The molecule has 24 heavy (non-hydrogen) atoms. The van der Waals surface area contributed by atoms with Crippen LogP contribution in [0.25, 0.3) is 0 Å². The molecule has 1 saturated heterocycles. The average Bonchev–Trinajstić information content (AvgIpc) is 2.51. The predicted molar refractivity (Wildman–Crippen MR) is 110 cm³/mol. The molecule has 0 bridgehead atoms. The number of likely N-dealkylation sites (tertiary alicyclic amines) is 1. The first-order valence-corrected chi connectivity index (χ1v) is 13.4. The second-order valence-corrected chi connectivity index (χ2v) is 14.4. The van der Waals surface area contributed by atoms with Gasteiger partial charge in [-0.2, -0.15) is 0 Å². The van der Waals surface area contributed by atoms with Crippen LogP contribution in [-0.4, -0.2) is 49.8 Å². The van der Waals surface area contributed by atoms with E-state index in [0.29, 0.717) is 24.7 Å². The van der Waals surface area contributed by atoms with Crippen LogP contribution < -0.4 is 5.32 Å². The fraction of sp³-hybridized carbons (Fsp3) is 0.625. The topological polar surface area (TPSA) is 54.5 Å². The summed E-state index contributed by atoms with van der Waals surface area (Å²) in [5.41, 5.74) is 0. The molecule has 0 spiro atoms. The van der Waals surface area contributed by atoms with Gasteiger partial charge in [0.2, 0.25) is 0 Å². The number of carbonyl (C=O) groups is 1. The number of pyridine rings is 1. The van der Waals surface area contributed by atoms with Gasteiger partial charge in [-0.05, 0) is 47.5 Å². The van der Waals surface area contributed by atoms with Crippen LogP contribution >= 0.6 is 34.2 Å². The summed E-state index contributed by atoms with van der Waals surface area (Å²) in [4.78, 5) is 18.2. The fourth-order valence-electron chi connectivity index (χ4n) is 2.46. The number of aromatic nitrogens is 1. The van der Waals surface area contributed by atoms with Crippen LogP contribution in [0.15, 0.2) is 12.3 Å². The van der Waals surface area contributed by atoms with E-state index in [2.05, 4.69) is 52.5 Å². The van der Waals surface area contributed by atoms with Crippen LogP contribution in [0.4, 0.5) is 10.6 Å². The Morgan fingerprint density at radius 3 is 2.75 bits per heavy atom. The van der Waals surface area contributed by atoms with Gasteiger partial charge in [-0.3, -0.25) is 0 Å². The minimum Gasteiger partial charge on any atom is -0.450 e. The lowest BCUT2D eigenvalue weighted by molar-refractivity contribution is 0.0980. The Balaban J connectivity index is 1.77. The summed E-state index contributed by atoms with van der Waals surface area (Å²) in [6, 6.07) is 3.17. The summed E-state index contributed by atoms with van der Waals surface area (Å²) in [5, 5.41) is 4.05. The Morgan fingerprint density at radius 1 is 1.46 bits per heavy atom. The molecule has 2 rings (SSSR count). The number of halogens is 2. The third kappa shape index (κ3) is 6.07. The zero-order chi connectivity index (χ0) is 17.7. The summed E-state index contributed by atoms with van der Waals surface area (Å²) < 4.78 is 6.39. The maximum absolute atomic E-state index is 12.1. The van der Waals surface area contributed by atoms with E-state index in [1.807, 2.05) is 6.07 Å². The number of carbonyl (C=O) groups excluding carboxylic acids is 1. The third-order valence-corrected chi connectivity index (χ3v) is 7.32. The second kappa shape index (κ2) is 8.71. The average molecular weight is 482 g/mol. The lowest BCUT2D eigenvalue weighted by Gasteiger charge is -2.32. The molecule has 1 fully saturated rings. The molecule has 1 aromatic heterocycles. The Labute approximate surface area is 163 Å². The third-order valence-electron chi connectivity index (χ3n) is 4.01. The van der Waals surface area contributed by atoms with Crippen LogP contribution in [0.2, 0.25) is 30.7 Å². The number of rotatable bonds is 5. The number of anilines is 1. The second-order valence-electron chi connectivity index (χ2n) is 7.29. The summed E-state index contributed by atoms with van der Waals surface area (Å²) in [6.45, 7) is 8.77. The van der Waals surface area contributed by atoms with E-state index in [1.165, 1.54) is 0 Å². The van der Waals surface area contributed by atoms with Crippen molar-refractivity contribution < 1.29 is 9.53 Å². The minimum atomic E-state index is -1.16. The van der Waals surface area contributed by atoms with Gasteiger partial charge >= 0.3 is 6.09 Å². The van der Waals surface area contributed by atoms with Crippen molar-refractivity contribution in [2.45, 2.75) is 44.6 Å². The number of nitrogens with zero attached hydrogens (tertiary/aromatic N) is 2. The highest BCUT2D eigenvalue weighted by Gasteiger charge is 2.25. The van der Waals surface area contributed by atoms with Gasteiger partial charge in [0, 0.05) is 37.0 Å². The largest absolute Gasteiger partial charge is 0.450 e. The molecule has 0 saturated carbocycles. The van der Waals surface area contributed by atoms with Gasteiger partial charge in [-0.1, -0.05) is 31.2 Å². The maximum atomic E-state index is 12.1. The van der Waals surface area contributed by atoms with Gasteiger partial charge in [0.1, 0.15) is 5.82 Å². The molecule has 2 heterocycles. The van der Waals surface area contributed by atoms with Crippen molar-refractivity contribution in [1.82, 2.24) is 9.88 Å². The molecule has 8 heteroatoms. The highest BCUT2D eigenvalue weighted by molar-refractivity contribution is 14.1. The SMILES string of the molecule is C[Si](C)(C)CCOC(=O)N1CCC(Nc2nccc(I)c2Cl)CC1. The number of hydrogen-bond acceptors (Lipinski definition) is 4. The number of hydrogen-bond donors (Lipinski definition) is 1. The molecule has 0 unspecified atom stereocenters. The zero-order valence-electron chi connectivity index (χ0n) is 14.4. The van der Waals surface area contributed by atoms with E-state index in [1.54, 1.807) is 11.1 Å². The van der Waals surface area contributed by atoms with Crippen LogP contribution in [0, 0.1) is 3.57 Å². The monoisotopic (exact) mass is 481 g/mol. The summed E-state index contributed by atoms with van der Waals surface area (Å²) in [7, 11) is -1.16. The predicted octanol–water partition coefficient (Wildman–Crippen LogP) is 4.69. The van der Waals surface area contributed by atoms with E-state index in [4.69, 9.17) is 16.3 Å². The molecule has 1 aliphatic heterocycles. The van der Waals surface area contributed by atoms with Crippen molar-refractivity contribution in [3.8, 4) is 0 Å². The van der Waals surface area contributed by atoms with E-state index in [9.17, 15) is 4.79 Å². The van der Waals surface area contributed by atoms with Crippen LogP contribution in [0.1, 0.15) is 12.8 Å². The number of piperidine rings is 1. The molecule has 5 nitrogen and oxygen atoms in total. The maximum Gasteiger partial charge on any atom is 0.409 e. The first-order chi connectivity index (χ1) is 11.3. The normalized spacial score (nSPS) is 16.1. The molecule has 1 N–H and O–H groups in total. The first-order valence-electron chi connectivity index (χ1n) is 8.24. The van der Waals surface area contributed by atoms with E-state index >= 15 is 0 Å². The molecule has 0 aromatic carbocycles. The van der Waals surface area contributed by atoms with Crippen molar-refractivity contribution in [2.75, 3.05) is 25.0 Å². The zero-order valence-corrected chi connectivity index (χ0v) is 18.4. The number of ether oxygens (including phenoxy) is 1. The lowest BCUT2D eigenvalue weighted by Crippen LogP contribution is -2.43. The van der Waals surface area contributed by atoms with Crippen LogP contribution in [-0.2, 0) is 4.74 Å². The van der Waals surface area contributed by atoms with Gasteiger partial charge in [0.15, 0.2) is 0 Å². The smallest absolute Gasteiger partial charge is 0.409 e. The molecule has 0 radical (unpaired) electrons. The molecule has 0 aliphatic carbocycles. The van der Waals surface area contributed by atoms with Crippen LogP contribution in [0.3, 0.4) is 0 Å².